The van der Waals surface area contributed by atoms with Gasteiger partial charge in [0.1, 0.15) is 4.24 Å². The van der Waals surface area contributed by atoms with Crippen LogP contribution in [0.15, 0.2) is 22.6 Å². The standard InChI is InChI=1S/C12H25NO3S.C4H6N2O2S2/c1-10(2)8-13-11-7-12(5-4-6-16-3)17(14,15)9-11;5-10(7,8)4-2-1-3-6-9-4/h10-13H,4-9H2,1-3H3;1-3,6H,(H2,5,7,8)/t11?,12-;/m1./s1. The fraction of sp³-hybridized carbons (Fsp3) is 0.750. The van der Waals surface area contributed by atoms with Crippen molar-refractivity contribution in [2.24, 2.45) is 11.1 Å². The number of hydrogen-bond donors (Lipinski definition) is 3. The minimum Gasteiger partial charge on any atom is -0.385 e. The topological polar surface area (TPSA) is 128 Å². The summed E-state index contributed by atoms with van der Waals surface area (Å²) in [6.45, 7) is 5.81. The Morgan fingerprint density at radius 3 is 2.63 bits per heavy atom. The number of nitrogens with one attached hydrogen (secondary N) is 2. The summed E-state index contributed by atoms with van der Waals surface area (Å²) in [5.74, 6) is 0.863. The van der Waals surface area contributed by atoms with Crippen LogP contribution in [0.4, 0.5) is 0 Å². The number of hydrogen-bond acceptors (Lipinski definition) is 8. The molecule has 4 N–H and O–H groups in total. The molecule has 0 aromatic heterocycles. The zero-order valence-electron chi connectivity index (χ0n) is 16.1. The first-order valence-corrected chi connectivity index (χ1v) is 12.9. The highest BCUT2D eigenvalue weighted by Crippen LogP contribution is 2.24. The van der Waals surface area contributed by atoms with Gasteiger partial charge < -0.3 is 14.8 Å². The van der Waals surface area contributed by atoms with Crippen LogP contribution in [-0.2, 0) is 24.6 Å². The molecule has 27 heavy (non-hydrogen) atoms. The Labute approximate surface area is 167 Å². The van der Waals surface area contributed by atoms with E-state index < -0.39 is 19.9 Å². The van der Waals surface area contributed by atoms with Gasteiger partial charge in [-0.3, -0.25) is 0 Å². The summed E-state index contributed by atoms with van der Waals surface area (Å²) in [5, 5.41) is 8.00. The third-order valence-corrected chi connectivity index (χ3v) is 8.56. The Bertz CT molecular complexity index is 718. The Morgan fingerprint density at radius 1 is 1.44 bits per heavy atom. The molecule has 0 aromatic rings. The second-order valence-corrected chi connectivity index (χ2v) is 11.9. The second kappa shape index (κ2) is 11.4. The summed E-state index contributed by atoms with van der Waals surface area (Å²) in [6.07, 6.45) is 6.97. The van der Waals surface area contributed by atoms with Crippen molar-refractivity contribution in [1.29, 1.82) is 0 Å². The number of methoxy groups -OCH3 is 1. The van der Waals surface area contributed by atoms with E-state index in [4.69, 9.17) is 9.88 Å². The van der Waals surface area contributed by atoms with Gasteiger partial charge in [0.15, 0.2) is 9.84 Å². The van der Waals surface area contributed by atoms with E-state index in [-0.39, 0.29) is 15.5 Å². The summed E-state index contributed by atoms with van der Waals surface area (Å²) in [5.41, 5.74) is 0. The van der Waals surface area contributed by atoms with Gasteiger partial charge in [0.25, 0.3) is 0 Å². The average Bonchev–Trinajstić information content (AvgIpc) is 2.88. The third-order valence-electron chi connectivity index (χ3n) is 4.01. The van der Waals surface area contributed by atoms with Crippen LogP contribution >= 0.6 is 11.9 Å². The Balaban J connectivity index is 0.000000309. The van der Waals surface area contributed by atoms with E-state index in [9.17, 15) is 16.8 Å². The summed E-state index contributed by atoms with van der Waals surface area (Å²) >= 11 is 0.981. The highest BCUT2D eigenvalue weighted by Gasteiger charge is 2.37. The lowest BCUT2D eigenvalue weighted by Gasteiger charge is -2.13. The predicted molar refractivity (Wildman–Crippen MR) is 111 cm³/mol. The van der Waals surface area contributed by atoms with Gasteiger partial charge in [-0.05, 0) is 55.8 Å². The highest BCUT2D eigenvalue weighted by atomic mass is 32.3. The van der Waals surface area contributed by atoms with Crippen LogP contribution in [0.1, 0.15) is 33.1 Å². The van der Waals surface area contributed by atoms with Gasteiger partial charge in [0.2, 0.25) is 10.0 Å². The zero-order chi connectivity index (χ0) is 20.5. The van der Waals surface area contributed by atoms with Crippen LogP contribution in [0.3, 0.4) is 0 Å². The molecule has 2 rings (SSSR count). The van der Waals surface area contributed by atoms with E-state index in [1.165, 1.54) is 6.08 Å². The number of allylic oxidation sites excluding steroid dienone is 2. The smallest absolute Gasteiger partial charge is 0.245 e. The van der Waals surface area contributed by atoms with Crippen molar-refractivity contribution in [3.8, 4) is 0 Å². The molecule has 2 heterocycles. The van der Waals surface area contributed by atoms with Crippen LogP contribution in [0.2, 0.25) is 0 Å². The number of ether oxygens (including phenoxy) is 1. The summed E-state index contributed by atoms with van der Waals surface area (Å²) < 4.78 is 52.8. The quantitative estimate of drug-likeness (QED) is 0.377. The Hall–Kier alpha value is -0.590. The molecule has 0 aliphatic carbocycles. The maximum Gasteiger partial charge on any atom is 0.245 e. The summed E-state index contributed by atoms with van der Waals surface area (Å²) in [7, 11) is -4.75. The van der Waals surface area contributed by atoms with Gasteiger partial charge in [0, 0.05) is 26.0 Å². The second-order valence-electron chi connectivity index (χ2n) is 6.93. The van der Waals surface area contributed by atoms with Crippen LogP contribution in [0, 0.1) is 5.92 Å². The summed E-state index contributed by atoms with van der Waals surface area (Å²) in [4.78, 5) is 0. The van der Waals surface area contributed by atoms with Crippen molar-refractivity contribution >= 4 is 31.8 Å². The normalized spacial score (nSPS) is 24.1. The molecule has 0 bridgehead atoms. The first-order valence-electron chi connectivity index (χ1n) is 8.82. The number of primary sulfonamides is 1. The van der Waals surface area contributed by atoms with Crippen molar-refractivity contribution < 1.29 is 21.6 Å². The molecule has 2 atom stereocenters. The van der Waals surface area contributed by atoms with Gasteiger partial charge in [0.05, 0.1) is 11.0 Å². The van der Waals surface area contributed by atoms with E-state index >= 15 is 0 Å². The maximum atomic E-state index is 11.9. The predicted octanol–water partition coefficient (Wildman–Crippen LogP) is 1.10. The monoisotopic (exact) mass is 441 g/mol. The molecule has 2 aliphatic rings. The fourth-order valence-electron chi connectivity index (χ4n) is 2.69. The van der Waals surface area contributed by atoms with Crippen molar-refractivity contribution in [1.82, 2.24) is 10.0 Å². The molecule has 0 aromatic carbocycles. The maximum absolute atomic E-state index is 11.9. The first-order chi connectivity index (χ1) is 12.6. The van der Waals surface area contributed by atoms with Crippen molar-refractivity contribution in [3.05, 3.63) is 22.6 Å². The van der Waals surface area contributed by atoms with Crippen LogP contribution in [0.5, 0.6) is 0 Å². The lowest BCUT2D eigenvalue weighted by atomic mass is 10.1. The zero-order valence-corrected chi connectivity index (χ0v) is 18.5. The van der Waals surface area contributed by atoms with Gasteiger partial charge in [-0.2, -0.15) is 0 Å². The average molecular weight is 442 g/mol. The van der Waals surface area contributed by atoms with E-state index in [0.717, 1.165) is 37.8 Å². The van der Waals surface area contributed by atoms with Crippen LogP contribution < -0.4 is 15.2 Å². The molecular weight excluding hydrogens is 410 g/mol. The van der Waals surface area contributed by atoms with Crippen molar-refractivity contribution in [2.75, 3.05) is 26.0 Å². The lowest BCUT2D eigenvalue weighted by Crippen LogP contribution is -2.32. The molecular formula is C16H31N3O5S3. The number of sulfone groups is 1. The molecule has 1 saturated heterocycles. The first kappa shape index (κ1) is 24.4. The van der Waals surface area contributed by atoms with E-state index in [1.54, 1.807) is 19.4 Å². The van der Waals surface area contributed by atoms with E-state index in [1.807, 2.05) is 0 Å². The summed E-state index contributed by atoms with van der Waals surface area (Å²) in [6, 6.07) is 0.148. The molecule has 11 heteroatoms. The molecule has 1 fully saturated rings. The molecule has 0 spiro atoms. The molecule has 0 saturated carbocycles. The lowest BCUT2D eigenvalue weighted by molar-refractivity contribution is 0.192. The molecule has 0 amide bonds. The SMILES string of the molecule is COCCC[C@@H]1CC(NCC(C)C)CS1(=O)=O.NS(=O)(=O)C1=CC=CNS1. The van der Waals surface area contributed by atoms with Crippen molar-refractivity contribution in [2.45, 2.75) is 44.4 Å². The third kappa shape index (κ3) is 9.44. The molecule has 0 radical (unpaired) electrons. The van der Waals surface area contributed by atoms with E-state index in [2.05, 4.69) is 23.9 Å². The van der Waals surface area contributed by atoms with Gasteiger partial charge >= 0.3 is 0 Å². The fourth-order valence-corrected chi connectivity index (χ4v) is 6.12. The van der Waals surface area contributed by atoms with Crippen molar-refractivity contribution in [3.63, 3.8) is 0 Å². The molecule has 2 aliphatic heterocycles. The Kier molecular flexibility index (Phi) is 10.3. The number of sulfonamides is 1. The molecule has 158 valence electrons. The minimum atomic E-state index is -3.52. The van der Waals surface area contributed by atoms with Gasteiger partial charge in [-0.25, -0.2) is 22.0 Å². The number of rotatable bonds is 8. The molecule has 8 nitrogen and oxygen atoms in total. The number of nitrogens with two attached hydrogens (primary N) is 1. The minimum absolute atomic E-state index is 0.134. The largest absolute Gasteiger partial charge is 0.385 e. The van der Waals surface area contributed by atoms with Gasteiger partial charge in [-0.1, -0.05) is 13.8 Å². The highest BCUT2D eigenvalue weighted by molar-refractivity contribution is 8.17. The van der Waals surface area contributed by atoms with E-state index in [0.29, 0.717) is 18.3 Å². The van der Waals surface area contributed by atoms with Crippen LogP contribution in [-0.4, -0.2) is 54.1 Å². The Morgan fingerprint density at radius 2 is 2.15 bits per heavy atom. The molecule has 1 unspecified atom stereocenters. The van der Waals surface area contributed by atoms with Gasteiger partial charge in [-0.15, -0.1) is 0 Å². The van der Waals surface area contributed by atoms with Crippen LogP contribution in [0.25, 0.3) is 0 Å².